The van der Waals surface area contributed by atoms with E-state index in [-0.39, 0.29) is 5.92 Å². The molecule has 1 aromatic rings. The van der Waals surface area contributed by atoms with Gasteiger partial charge in [0.1, 0.15) is 0 Å². The molecule has 116 valence electrons. The van der Waals surface area contributed by atoms with Crippen LogP contribution in [0, 0.1) is 19.8 Å². The molecule has 0 radical (unpaired) electrons. The first-order chi connectivity index (χ1) is 10.0. The number of aliphatic hydroxyl groups excluding tert-OH is 1. The van der Waals surface area contributed by atoms with Crippen molar-refractivity contribution in [2.24, 2.45) is 5.92 Å². The van der Waals surface area contributed by atoms with E-state index in [0.29, 0.717) is 0 Å². The molecule has 21 heavy (non-hydrogen) atoms. The number of esters is 1. The van der Waals surface area contributed by atoms with Crippen molar-refractivity contribution >= 4 is 5.97 Å². The van der Waals surface area contributed by atoms with Crippen LogP contribution in [0.2, 0.25) is 0 Å². The topological polar surface area (TPSA) is 49.8 Å². The molecule has 1 saturated heterocycles. The number of rotatable bonds is 4. The third kappa shape index (κ3) is 4.05. The second-order valence-electron chi connectivity index (χ2n) is 6.00. The average Bonchev–Trinajstić information content (AvgIpc) is 2.50. The number of nitrogens with zero attached hydrogens (tertiary/aromatic N) is 1. The SMILES string of the molecule is COC(=O)C(O)C1CCN(Cc2ccc(C)c(C)c2)CC1. The average molecular weight is 291 g/mol. The van der Waals surface area contributed by atoms with E-state index < -0.39 is 12.1 Å². The number of hydrogen-bond acceptors (Lipinski definition) is 4. The first-order valence-electron chi connectivity index (χ1n) is 7.55. The lowest BCUT2D eigenvalue weighted by molar-refractivity contribution is -0.154. The van der Waals surface area contributed by atoms with E-state index in [1.165, 1.54) is 23.8 Å². The van der Waals surface area contributed by atoms with Gasteiger partial charge in [-0.3, -0.25) is 4.90 Å². The number of carbonyl (C=O) groups excluding carboxylic acids is 1. The molecule has 2 rings (SSSR count). The van der Waals surface area contributed by atoms with Gasteiger partial charge in [0.05, 0.1) is 7.11 Å². The van der Waals surface area contributed by atoms with E-state index >= 15 is 0 Å². The fourth-order valence-corrected chi connectivity index (χ4v) is 2.90. The zero-order valence-corrected chi connectivity index (χ0v) is 13.1. The minimum absolute atomic E-state index is 0.0217. The van der Waals surface area contributed by atoms with Gasteiger partial charge in [0.2, 0.25) is 0 Å². The lowest BCUT2D eigenvalue weighted by Crippen LogP contribution is -2.40. The maximum Gasteiger partial charge on any atom is 0.334 e. The van der Waals surface area contributed by atoms with E-state index in [1.54, 1.807) is 0 Å². The van der Waals surface area contributed by atoms with Crippen molar-refractivity contribution < 1.29 is 14.6 Å². The molecule has 0 saturated carbocycles. The van der Waals surface area contributed by atoms with Gasteiger partial charge in [-0.1, -0.05) is 18.2 Å². The Labute approximate surface area is 126 Å². The van der Waals surface area contributed by atoms with Crippen molar-refractivity contribution in [3.63, 3.8) is 0 Å². The number of ether oxygens (including phenoxy) is 1. The lowest BCUT2D eigenvalue weighted by Gasteiger charge is -2.33. The highest BCUT2D eigenvalue weighted by Gasteiger charge is 2.30. The molecule has 4 heteroatoms. The standard InChI is InChI=1S/C17H25NO3/c1-12-4-5-14(10-13(12)2)11-18-8-6-15(7-9-18)16(19)17(20)21-3/h4-5,10,15-16,19H,6-9,11H2,1-3H3. The molecule has 0 amide bonds. The van der Waals surface area contributed by atoms with E-state index in [9.17, 15) is 9.90 Å². The summed E-state index contributed by atoms with van der Waals surface area (Å²) in [7, 11) is 1.32. The largest absolute Gasteiger partial charge is 0.467 e. The maximum atomic E-state index is 11.4. The quantitative estimate of drug-likeness (QED) is 0.863. The van der Waals surface area contributed by atoms with Crippen molar-refractivity contribution in [3.8, 4) is 0 Å². The Morgan fingerprint density at radius 2 is 2.00 bits per heavy atom. The third-order valence-corrected chi connectivity index (χ3v) is 4.50. The molecule has 1 aromatic carbocycles. The van der Waals surface area contributed by atoms with Gasteiger partial charge in [0.15, 0.2) is 6.10 Å². The molecule has 1 heterocycles. The highest BCUT2D eigenvalue weighted by molar-refractivity contribution is 5.74. The van der Waals surface area contributed by atoms with Crippen molar-refractivity contribution in [1.82, 2.24) is 4.90 Å². The van der Waals surface area contributed by atoms with Gasteiger partial charge < -0.3 is 9.84 Å². The predicted octanol–water partition coefficient (Wildman–Crippen LogP) is 2.05. The van der Waals surface area contributed by atoms with Gasteiger partial charge in [-0.15, -0.1) is 0 Å². The van der Waals surface area contributed by atoms with Gasteiger partial charge >= 0.3 is 5.97 Å². The molecular formula is C17H25NO3. The Bertz CT molecular complexity index is 493. The highest BCUT2D eigenvalue weighted by Crippen LogP contribution is 2.23. The van der Waals surface area contributed by atoms with Crippen LogP contribution in [0.5, 0.6) is 0 Å². The molecule has 1 N–H and O–H groups in total. The highest BCUT2D eigenvalue weighted by atomic mass is 16.5. The number of likely N-dealkylation sites (tertiary alicyclic amines) is 1. The Kier molecular flexibility index (Phi) is 5.37. The van der Waals surface area contributed by atoms with Gasteiger partial charge in [0, 0.05) is 6.54 Å². The number of methoxy groups -OCH3 is 1. The van der Waals surface area contributed by atoms with Gasteiger partial charge in [-0.25, -0.2) is 4.79 Å². The molecule has 0 aliphatic carbocycles. The van der Waals surface area contributed by atoms with Gasteiger partial charge in [-0.2, -0.15) is 0 Å². The van der Waals surface area contributed by atoms with Crippen LogP contribution in [0.25, 0.3) is 0 Å². The second-order valence-corrected chi connectivity index (χ2v) is 6.00. The summed E-state index contributed by atoms with van der Waals surface area (Å²) in [6.45, 7) is 7.01. The molecule has 1 atom stereocenters. The summed E-state index contributed by atoms with van der Waals surface area (Å²) < 4.78 is 4.61. The van der Waals surface area contributed by atoms with Crippen molar-refractivity contribution in [2.45, 2.75) is 39.3 Å². The molecular weight excluding hydrogens is 266 g/mol. The smallest absolute Gasteiger partial charge is 0.334 e. The van der Waals surface area contributed by atoms with Crippen molar-refractivity contribution in [3.05, 3.63) is 34.9 Å². The van der Waals surface area contributed by atoms with Crippen molar-refractivity contribution in [1.29, 1.82) is 0 Å². The Morgan fingerprint density at radius 1 is 1.33 bits per heavy atom. The molecule has 1 aliphatic rings. The first kappa shape index (κ1) is 16.0. The number of aliphatic hydroxyl groups is 1. The monoisotopic (exact) mass is 291 g/mol. The number of aryl methyl sites for hydroxylation is 2. The molecule has 0 spiro atoms. The van der Waals surface area contributed by atoms with E-state index in [2.05, 4.69) is 41.7 Å². The maximum absolute atomic E-state index is 11.4. The fourth-order valence-electron chi connectivity index (χ4n) is 2.90. The number of piperidine rings is 1. The number of benzene rings is 1. The zero-order chi connectivity index (χ0) is 15.4. The van der Waals surface area contributed by atoms with Crippen LogP contribution >= 0.6 is 0 Å². The minimum Gasteiger partial charge on any atom is -0.467 e. The van der Waals surface area contributed by atoms with Crippen LogP contribution in [-0.2, 0) is 16.1 Å². The first-order valence-corrected chi connectivity index (χ1v) is 7.55. The molecule has 1 aliphatic heterocycles. The van der Waals surface area contributed by atoms with Crippen LogP contribution in [0.15, 0.2) is 18.2 Å². The van der Waals surface area contributed by atoms with Crippen LogP contribution in [-0.4, -0.2) is 42.3 Å². The summed E-state index contributed by atoms with van der Waals surface area (Å²) in [5, 5.41) is 9.89. The van der Waals surface area contributed by atoms with Crippen LogP contribution < -0.4 is 0 Å². The summed E-state index contributed by atoms with van der Waals surface area (Å²) >= 11 is 0. The van der Waals surface area contributed by atoms with Crippen LogP contribution in [0.1, 0.15) is 29.5 Å². The molecule has 1 unspecified atom stereocenters. The van der Waals surface area contributed by atoms with Gasteiger partial charge in [0.25, 0.3) is 0 Å². The van der Waals surface area contributed by atoms with E-state index in [4.69, 9.17) is 0 Å². The lowest BCUT2D eigenvalue weighted by atomic mass is 9.91. The van der Waals surface area contributed by atoms with E-state index in [1.807, 2.05) is 0 Å². The normalized spacial score (nSPS) is 18.5. The van der Waals surface area contributed by atoms with Crippen molar-refractivity contribution in [2.75, 3.05) is 20.2 Å². The summed E-state index contributed by atoms with van der Waals surface area (Å²) in [5.74, 6) is -0.490. The molecule has 0 bridgehead atoms. The Hall–Kier alpha value is -1.39. The Morgan fingerprint density at radius 3 is 2.57 bits per heavy atom. The number of carbonyl (C=O) groups is 1. The molecule has 0 aromatic heterocycles. The summed E-state index contributed by atoms with van der Waals surface area (Å²) in [4.78, 5) is 13.7. The van der Waals surface area contributed by atoms with Crippen LogP contribution in [0.4, 0.5) is 0 Å². The van der Waals surface area contributed by atoms with Crippen LogP contribution in [0.3, 0.4) is 0 Å². The molecule has 4 nitrogen and oxygen atoms in total. The summed E-state index contributed by atoms with van der Waals surface area (Å²) in [6.07, 6.45) is 0.696. The fraction of sp³-hybridized carbons (Fsp3) is 0.588. The predicted molar refractivity (Wildman–Crippen MR) is 81.9 cm³/mol. The zero-order valence-electron chi connectivity index (χ0n) is 13.1. The third-order valence-electron chi connectivity index (χ3n) is 4.50. The second kappa shape index (κ2) is 7.05. The summed E-state index contributed by atoms with van der Waals surface area (Å²) in [5.41, 5.74) is 3.97. The number of hydrogen-bond donors (Lipinski definition) is 1. The minimum atomic E-state index is -0.973. The Balaban J connectivity index is 1.86. The van der Waals surface area contributed by atoms with Gasteiger partial charge in [-0.05, 0) is 62.4 Å². The summed E-state index contributed by atoms with van der Waals surface area (Å²) in [6, 6.07) is 6.58. The molecule has 1 fully saturated rings. The van der Waals surface area contributed by atoms with E-state index in [0.717, 1.165) is 32.5 Å².